The molecule has 1 rings (SSSR count). The van der Waals surface area contributed by atoms with Crippen molar-refractivity contribution in [1.82, 2.24) is 4.31 Å². The average Bonchev–Trinajstić information content (AvgIpc) is 2.42. The molecule has 4 nitrogen and oxygen atoms in total. The molecule has 0 unspecified atom stereocenters. The van der Waals surface area contributed by atoms with Gasteiger partial charge in [0.1, 0.15) is 0 Å². The molecule has 0 heterocycles. The Balaban J connectivity index is 3.19. The van der Waals surface area contributed by atoms with E-state index in [0.717, 1.165) is 5.56 Å². The lowest BCUT2D eigenvalue weighted by Gasteiger charge is -2.29. The Kier molecular flexibility index (Phi) is 6.41. The number of rotatable bonds is 7. The highest BCUT2D eigenvalue weighted by Gasteiger charge is 2.30. The van der Waals surface area contributed by atoms with Crippen molar-refractivity contribution in [2.45, 2.75) is 38.1 Å². The van der Waals surface area contributed by atoms with Gasteiger partial charge in [0.15, 0.2) is 0 Å². The molecule has 0 bridgehead atoms. The molecule has 0 aromatic heterocycles. The number of aliphatic hydroxyl groups is 1. The Bertz CT molecular complexity index is 585. The second-order valence-electron chi connectivity index (χ2n) is 5.53. The number of nitrogens with zero attached hydrogens (tertiary/aromatic N) is 1. The Morgan fingerprint density at radius 2 is 1.86 bits per heavy atom. The number of sulfonamides is 1. The fourth-order valence-electron chi connectivity index (χ4n) is 2.17. The molecular formula is C16H23NO3S. The molecule has 21 heavy (non-hydrogen) atoms. The Hall–Kier alpha value is -1.35. The van der Waals surface area contributed by atoms with Gasteiger partial charge in [0.2, 0.25) is 10.0 Å². The summed E-state index contributed by atoms with van der Waals surface area (Å²) in [5, 5.41) is 9.55. The zero-order chi connectivity index (χ0) is 16.0. The van der Waals surface area contributed by atoms with Gasteiger partial charge < -0.3 is 5.11 Å². The van der Waals surface area contributed by atoms with Crippen molar-refractivity contribution in [3.8, 4) is 12.3 Å². The van der Waals surface area contributed by atoms with Crippen molar-refractivity contribution >= 4 is 10.0 Å². The highest BCUT2D eigenvalue weighted by Crippen LogP contribution is 2.21. The normalized spacial score (nSPS) is 13.4. The van der Waals surface area contributed by atoms with Crippen LogP contribution in [0.2, 0.25) is 0 Å². The maximum absolute atomic E-state index is 12.7. The van der Waals surface area contributed by atoms with Crippen LogP contribution < -0.4 is 0 Å². The average molecular weight is 309 g/mol. The van der Waals surface area contributed by atoms with Crippen LogP contribution in [0.5, 0.6) is 0 Å². The second kappa shape index (κ2) is 7.60. The largest absolute Gasteiger partial charge is 0.395 e. The summed E-state index contributed by atoms with van der Waals surface area (Å²) in [6.07, 6.45) is 5.87. The van der Waals surface area contributed by atoms with Gasteiger partial charge in [-0.3, -0.25) is 0 Å². The fourth-order valence-corrected chi connectivity index (χ4v) is 3.71. The van der Waals surface area contributed by atoms with Gasteiger partial charge in [-0.15, -0.1) is 6.42 Å². The third kappa shape index (κ3) is 4.57. The fraction of sp³-hybridized carbons (Fsp3) is 0.500. The van der Waals surface area contributed by atoms with Gasteiger partial charge >= 0.3 is 0 Å². The molecule has 0 aliphatic carbocycles. The molecule has 1 aromatic carbocycles. The molecule has 1 atom stereocenters. The van der Waals surface area contributed by atoms with E-state index in [9.17, 15) is 13.5 Å². The van der Waals surface area contributed by atoms with Crippen molar-refractivity contribution in [2.75, 3.05) is 13.2 Å². The number of hydrogen-bond donors (Lipinski definition) is 1. The molecule has 0 spiro atoms. The summed E-state index contributed by atoms with van der Waals surface area (Å²) in [6.45, 7) is 5.56. The Morgan fingerprint density at radius 3 is 2.29 bits per heavy atom. The maximum Gasteiger partial charge on any atom is 0.244 e. The standard InChI is InChI=1S/C16H23NO3S/c1-5-10-17(15(12-18)11-13(2)3)21(19,20)16-8-6-14(4)7-9-16/h1,6-9,13,15,18H,10-12H2,2-4H3/t15-/m0/s1. The summed E-state index contributed by atoms with van der Waals surface area (Å²) >= 11 is 0. The van der Waals surface area contributed by atoms with Crippen LogP contribution in [0.4, 0.5) is 0 Å². The van der Waals surface area contributed by atoms with E-state index in [-0.39, 0.29) is 24.0 Å². The number of hydrogen-bond acceptors (Lipinski definition) is 3. The zero-order valence-electron chi connectivity index (χ0n) is 12.8. The van der Waals surface area contributed by atoms with E-state index >= 15 is 0 Å². The first kappa shape index (κ1) is 17.7. The van der Waals surface area contributed by atoms with Crippen LogP contribution in [0.1, 0.15) is 25.8 Å². The van der Waals surface area contributed by atoms with Crippen LogP contribution in [-0.4, -0.2) is 37.0 Å². The molecule has 116 valence electrons. The molecular weight excluding hydrogens is 286 g/mol. The minimum atomic E-state index is -3.71. The van der Waals surface area contributed by atoms with E-state index in [0.29, 0.717) is 6.42 Å². The molecule has 0 saturated heterocycles. The molecule has 0 aliphatic heterocycles. The lowest BCUT2D eigenvalue weighted by molar-refractivity contribution is 0.176. The molecule has 0 amide bonds. The van der Waals surface area contributed by atoms with E-state index in [1.54, 1.807) is 24.3 Å². The van der Waals surface area contributed by atoms with Gasteiger partial charge in [-0.05, 0) is 31.4 Å². The van der Waals surface area contributed by atoms with Crippen molar-refractivity contribution in [2.24, 2.45) is 5.92 Å². The molecule has 1 aromatic rings. The summed E-state index contributed by atoms with van der Waals surface area (Å²) in [5.41, 5.74) is 0.985. The maximum atomic E-state index is 12.7. The van der Waals surface area contributed by atoms with E-state index < -0.39 is 16.1 Å². The number of aryl methyl sites for hydroxylation is 1. The molecule has 0 aliphatic rings. The van der Waals surface area contributed by atoms with E-state index in [1.165, 1.54) is 4.31 Å². The Morgan fingerprint density at radius 1 is 1.29 bits per heavy atom. The topological polar surface area (TPSA) is 57.6 Å². The first-order chi connectivity index (χ1) is 9.82. The molecule has 5 heteroatoms. The highest BCUT2D eigenvalue weighted by molar-refractivity contribution is 7.89. The lowest BCUT2D eigenvalue weighted by Crippen LogP contribution is -2.43. The minimum absolute atomic E-state index is 0.0475. The molecule has 0 saturated carbocycles. The van der Waals surface area contributed by atoms with Crippen molar-refractivity contribution in [3.63, 3.8) is 0 Å². The third-order valence-electron chi connectivity index (χ3n) is 3.24. The van der Waals surface area contributed by atoms with Gasteiger partial charge in [0, 0.05) is 6.04 Å². The van der Waals surface area contributed by atoms with E-state index in [1.807, 2.05) is 20.8 Å². The monoisotopic (exact) mass is 309 g/mol. The first-order valence-corrected chi connectivity index (χ1v) is 8.39. The predicted octanol–water partition coefficient (Wildman–Crippen LogP) is 2.03. The van der Waals surface area contributed by atoms with Gasteiger partial charge in [-0.25, -0.2) is 8.42 Å². The van der Waals surface area contributed by atoms with Crippen LogP contribution in [0.3, 0.4) is 0 Å². The molecule has 0 fully saturated rings. The SMILES string of the molecule is C#CCN([C@H](CO)CC(C)C)S(=O)(=O)c1ccc(C)cc1. The first-order valence-electron chi connectivity index (χ1n) is 6.95. The number of benzene rings is 1. The summed E-state index contributed by atoms with van der Waals surface area (Å²) in [7, 11) is -3.71. The summed E-state index contributed by atoms with van der Waals surface area (Å²) in [4.78, 5) is 0.200. The predicted molar refractivity (Wildman–Crippen MR) is 84.2 cm³/mol. The van der Waals surface area contributed by atoms with E-state index in [2.05, 4.69) is 5.92 Å². The summed E-state index contributed by atoms with van der Waals surface area (Å²) in [6, 6.07) is 6.12. The van der Waals surface area contributed by atoms with Gasteiger partial charge in [0.05, 0.1) is 18.0 Å². The van der Waals surface area contributed by atoms with Crippen molar-refractivity contribution < 1.29 is 13.5 Å². The Labute approximate surface area is 127 Å². The minimum Gasteiger partial charge on any atom is -0.395 e. The van der Waals surface area contributed by atoms with Crippen LogP contribution in [0.25, 0.3) is 0 Å². The number of aliphatic hydroxyl groups excluding tert-OH is 1. The van der Waals surface area contributed by atoms with Crippen LogP contribution in [0.15, 0.2) is 29.2 Å². The summed E-state index contributed by atoms with van der Waals surface area (Å²) < 4.78 is 26.7. The van der Waals surface area contributed by atoms with Crippen molar-refractivity contribution in [3.05, 3.63) is 29.8 Å². The molecule has 0 radical (unpaired) electrons. The smallest absolute Gasteiger partial charge is 0.244 e. The summed E-state index contributed by atoms with van der Waals surface area (Å²) in [5.74, 6) is 2.64. The quantitative estimate of drug-likeness (QED) is 0.784. The van der Waals surface area contributed by atoms with Gasteiger partial charge in [-0.1, -0.05) is 37.5 Å². The number of terminal acetylenes is 1. The van der Waals surface area contributed by atoms with Crippen molar-refractivity contribution in [1.29, 1.82) is 0 Å². The van der Waals surface area contributed by atoms with E-state index in [4.69, 9.17) is 6.42 Å². The second-order valence-corrected chi connectivity index (χ2v) is 7.42. The van der Waals surface area contributed by atoms with Crippen LogP contribution in [0, 0.1) is 25.2 Å². The van der Waals surface area contributed by atoms with Crippen LogP contribution >= 0.6 is 0 Å². The van der Waals surface area contributed by atoms with Gasteiger partial charge in [-0.2, -0.15) is 4.31 Å². The molecule has 1 N–H and O–H groups in total. The third-order valence-corrected chi connectivity index (χ3v) is 5.15. The van der Waals surface area contributed by atoms with Crippen LogP contribution in [-0.2, 0) is 10.0 Å². The highest BCUT2D eigenvalue weighted by atomic mass is 32.2. The zero-order valence-corrected chi connectivity index (χ0v) is 13.6. The lowest BCUT2D eigenvalue weighted by atomic mass is 10.0. The van der Waals surface area contributed by atoms with Gasteiger partial charge in [0.25, 0.3) is 0 Å².